The van der Waals surface area contributed by atoms with E-state index in [1.165, 1.54) is 66.1 Å². The molecule has 0 amide bonds. The quantitative estimate of drug-likeness (QED) is 0.118. The first-order chi connectivity index (χ1) is 22.1. The zero-order valence-electron chi connectivity index (χ0n) is 28.7. The molecule has 0 unspecified atom stereocenters. The van der Waals surface area contributed by atoms with E-state index in [-0.39, 0.29) is 0 Å². The van der Waals surface area contributed by atoms with Crippen LogP contribution in [0.2, 0.25) is 13.1 Å². The zero-order chi connectivity index (χ0) is 33.6. The molecule has 238 valence electrons. The van der Waals surface area contributed by atoms with E-state index in [0.717, 1.165) is 22.4 Å². The summed E-state index contributed by atoms with van der Waals surface area (Å²) in [5, 5.41) is 5.50. The number of hydrogen-bond acceptors (Lipinski definition) is 0. The Balaban J connectivity index is 0.000000214. The summed E-state index contributed by atoms with van der Waals surface area (Å²) < 4.78 is 0. The second-order valence-corrected chi connectivity index (χ2v) is 17.5. The number of fused-ring (bicyclic) bond motifs is 2. The third-order valence-corrected chi connectivity index (χ3v) is 7.62. The molecular formula is C42H48Cl2SiZr. The molecule has 2 radical (unpaired) electrons. The third-order valence-electron chi connectivity index (χ3n) is 7.62. The van der Waals surface area contributed by atoms with E-state index < -0.39 is 20.8 Å². The van der Waals surface area contributed by atoms with Gasteiger partial charge in [-0.15, -0.1) is 69.1 Å². The van der Waals surface area contributed by atoms with Gasteiger partial charge in [-0.05, 0) is 35.8 Å². The van der Waals surface area contributed by atoms with E-state index in [1.54, 1.807) is 0 Å². The molecule has 0 spiro atoms. The molecule has 0 heterocycles. The average molecular weight is 743 g/mol. The van der Waals surface area contributed by atoms with Crippen LogP contribution in [0.5, 0.6) is 0 Å². The topological polar surface area (TPSA) is 0 Å². The number of halogens is 2. The van der Waals surface area contributed by atoms with Crippen LogP contribution in [0.25, 0.3) is 43.8 Å². The van der Waals surface area contributed by atoms with Crippen molar-refractivity contribution < 1.29 is 20.8 Å². The number of rotatable bonds is 6. The summed E-state index contributed by atoms with van der Waals surface area (Å²) in [6.45, 7) is 17.8. The van der Waals surface area contributed by atoms with Gasteiger partial charge in [-0.1, -0.05) is 138 Å². The van der Waals surface area contributed by atoms with Crippen molar-refractivity contribution in [3.63, 3.8) is 0 Å². The summed E-state index contributed by atoms with van der Waals surface area (Å²) >= 11 is -0.826. The molecule has 0 aliphatic rings. The summed E-state index contributed by atoms with van der Waals surface area (Å²) in [4.78, 5) is 0. The van der Waals surface area contributed by atoms with Gasteiger partial charge in [-0.25, -0.2) is 0 Å². The monoisotopic (exact) mass is 740 g/mol. The van der Waals surface area contributed by atoms with Gasteiger partial charge < -0.3 is 0 Å². The summed E-state index contributed by atoms with van der Waals surface area (Å²) in [5.74, 6) is 1.34. The second-order valence-electron chi connectivity index (χ2n) is 12.8. The molecule has 0 N–H and O–H groups in total. The fourth-order valence-corrected chi connectivity index (χ4v) is 6.06. The van der Waals surface area contributed by atoms with Crippen LogP contribution in [0.4, 0.5) is 0 Å². The van der Waals surface area contributed by atoms with E-state index in [4.69, 9.17) is 17.0 Å². The van der Waals surface area contributed by atoms with Crippen LogP contribution in [-0.2, 0) is 33.7 Å². The van der Waals surface area contributed by atoms with Crippen LogP contribution >= 0.6 is 17.0 Å². The summed E-state index contributed by atoms with van der Waals surface area (Å²) in [5.41, 5.74) is 11.1. The van der Waals surface area contributed by atoms with Crippen LogP contribution in [0.3, 0.4) is 0 Å². The van der Waals surface area contributed by atoms with Crippen LogP contribution in [-0.4, -0.2) is 9.52 Å². The Morgan fingerprint density at radius 3 is 1.22 bits per heavy atom. The fourth-order valence-electron chi connectivity index (χ4n) is 6.06. The Hall–Kier alpha value is -2.22. The second kappa shape index (κ2) is 19.6. The molecular weight excluding hydrogens is 695 g/mol. The molecule has 0 atom stereocenters. The first-order valence-corrected chi connectivity index (χ1v) is 24.5. The van der Waals surface area contributed by atoms with Crippen molar-refractivity contribution in [2.75, 3.05) is 0 Å². The number of hydrogen-bond donors (Lipinski definition) is 0. The van der Waals surface area contributed by atoms with Gasteiger partial charge in [0.25, 0.3) is 0 Å². The Morgan fingerprint density at radius 2 is 0.913 bits per heavy atom. The number of benzene rings is 4. The Bertz CT molecular complexity index is 1620. The predicted molar refractivity (Wildman–Crippen MR) is 206 cm³/mol. The van der Waals surface area contributed by atoms with Crippen LogP contribution in [0.15, 0.2) is 109 Å². The van der Waals surface area contributed by atoms with Crippen LogP contribution in [0, 0.1) is 25.7 Å². The molecule has 6 aromatic carbocycles. The van der Waals surface area contributed by atoms with Gasteiger partial charge in [0, 0.05) is 9.52 Å². The molecule has 0 aromatic heterocycles. The van der Waals surface area contributed by atoms with Gasteiger partial charge in [-0.2, -0.15) is 12.1 Å². The van der Waals surface area contributed by atoms with Crippen molar-refractivity contribution in [1.82, 2.24) is 0 Å². The Morgan fingerprint density at radius 1 is 0.587 bits per heavy atom. The van der Waals surface area contributed by atoms with Crippen molar-refractivity contribution in [3.05, 3.63) is 131 Å². The molecule has 0 saturated heterocycles. The molecule has 6 rings (SSSR count). The standard InChI is InChI=1S/2C20H21.C2H6Si.2ClH.Zr/c2*1-14(2)11-18-10-9-17-12-15(3)13-19(17)20(18)16-7-5-4-6-8-16;1-3-2;;;/h2*4-10,12-14H,11H2,1-3H3;1-2H3;2*1H;/q2*-1;;;;+4/p-2. The molecule has 0 aliphatic carbocycles. The normalized spacial score (nSPS) is 10.5. The summed E-state index contributed by atoms with van der Waals surface area (Å²) in [6.07, 6.45) is 2.26. The maximum atomic E-state index is 4.93. The van der Waals surface area contributed by atoms with Gasteiger partial charge in [-0.3, -0.25) is 0 Å². The van der Waals surface area contributed by atoms with E-state index >= 15 is 0 Å². The van der Waals surface area contributed by atoms with Gasteiger partial charge >= 0.3 is 37.9 Å². The minimum atomic E-state index is -0.826. The molecule has 0 aliphatic heterocycles. The van der Waals surface area contributed by atoms with E-state index in [2.05, 4.69) is 164 Å². The Kier molecular flexibility index (Phi) is 16.3. The summed E-state index contributed by atoms with van der Waals surface area (Å²) in [7, 11) is 11.0. The van der Waals surface area contributed by atoms with Crippen molar-refractivity contribution >= 4 is 48.1 Å². The van der Waals surface area contributed by atoms with Gasteiger partial charge in [0.05, 0.1) is 0 Å². The molecule has 6 aromatic rings. The predicted octanol–water partition coefficient (Wildman–Crippen LogP) is 13.6. The molecule has 46 heavy (non-hydrogen) atoms. The van der Waals surface area contributed by atoms with Crippen molar-refractivity contribution in [2.45, 2.75) is 67.5 Å². The van der Waals surface area contributed by atoms with Crippen molar-refractivity contribution in [2.24, 2.45) is 11.8 Å². The van der Waals surface area contributed by atoms with Crippen LogP contribution < -0.4 is 0 Å². The summed E-state index contributed by atoms with van der Waals surface area (Å²) in [6, 6.07) is 39.9. The molecule has 4 heteroatoms. The fraction of sp³-hybridized carbons (Fsp3) is 0.286. The van der Waals surface area contributed by atoms with Gasteiger partial charge in [0.1, 0.15) is 0 Å². The maximum absolute atomic E-state index is 4.93. The van der Waals surface area contributed by atoms with Crippen molar-refractivity contribution in [3.8, 4) is 22.3 Å². The van der Waals surface area contributed by atoms with Crippen LogP contribution in [0.1, 0.15) is 49.9 Å². The van der Waals surface area contributed by atoms with E-state index in [0.29, 0.717) is 11.8 Å². The average Bonchev–Trinajstić information content (AvgIpc) is 3.59. The number of aryl methyl sites for hydroxylation is 2. The SMILES string of the molecule is C[Si]C.Cc1cc2c(-c3ccccc3)c(CC(C)C)ccc2[cH-]1.Cc1cc2c(-c3ccccc3)c(CC(C)C)ccc2[cH-]1.[Cl][Zr+2][Cl]. The first kappa shape index (κ1) is 38.2. The minimum absolute atomic E-state index is 0.672. The molecule has 0 fully saturated rings. The first-order valence-electron chi connectivity index (χ1n) is 16.2. The van der Waals surface area contributed by atoms with E-state index in [9.17, 15) is 0 Å². The molecule has 0 saturated carbocycles. The Labute approximate surface area is 299 Å². The molecule has 0 nitrogen and oxygen atoms in total. The van der Waals surface area contributed by atoms with E-state index in [1.807, 2.05) is 0 Å². The zero-order valence-corrected chi connectivity index (χ0v) is 33.7. The van der Waals surface area contributed by atoms with Gasteiger partial charge in [0.15, 0.2) is 0 Å². The third kappa shape index (κ3) is 10.9. The van der Waals surface area contributed by atoms with Crippen molar-refractivity contribution in [1.29, 1.82) is 0 Å². The molecule has 0 bridgehead atoms. The van der Waals surface area contributed by atoms with Gasteiger partial charge in [0.2, 0.25) is 0 Å².